The van der Waals surface area contributed by atoms with Gasteiger partial charge in [-0.1, -0.05) is 0 Å². The molecule has 0 spiro atoms. The smallest absolute Gasteiger partial charge is 0.151 e. The number of hydrogen-bond acceptors (Lipinski definition) is 1. The predicted molar refractivity (Wildman–Crippen MR) is 51.8 cm³/mol. The van der Waals surface area contributed by atoms with Crippen molar-refractivity contribution in [2.45, 2.75) is 0 Å². The number of pyridine rings is 1. The Kier molecular flexibility index (Phi) is 1.73. The monoisotopic (exact) mass is 274 g/mol. The average molecular weight is 276 g/mol. The fourth-order valence-electron chi connectivity index (χ4n) is 0.984. The average Bonchev–Trinajstić information content (AvgIpc) is 2.30. The van der Waals surface area contributed by atoms with E-state index in [0.717, 1.165) is 15.5 Å². The third-order valence-electron chi connectivity index (χ3n) is 1.47. The third-order valence-corrected chi connectivity index (χ3v) is 2.65. The molecule has 0 fully saturated rings. The molecule has 0 saturated heterocycles. The number of fused-ring (bicyclic) bond motifs is 1. The summed E-state index contributed by atoms with van der Waals surface area (Å²) in [5, 5.41) is 1.12. The summed E-state index contributed by atoms with van der Waals surface area (Å²) in [4.78, 5) is 4.19. The maximum atomic E-state index is 4.19. The first kappa shape index (κ1) is 7.31. The summed E-state index contributed by atoms with van der Waals surface area (Å²) in [7, 11) is 0. The predicted octanol–water partition coefficient (Wildman–Crippen LogP) is 2.96. The van der Waals surface area contributed by atoms with Crippen LogP contribution in [0, 0.1) is 0 Å². The first-order valence-electron chi connectivity index (χ1n) is 3.07. The van der Waals surface area contributed by atoms with Crippen molar-refractivity contribution in [3.8, 4) is 0 Å². The molecule has 0 radical (unpaired) electrons. The van der Waals surface area contributed by atoms with Gasteiger partial charge >= 0.3 is 0 Å². The molecular formula is C7H4Br2N2. The Hall–Kier alpha value is -0.350. The molecule has 0 bridgehead atoms. The van der Waals surface area contributed by atoms with Crippen LogP contribution in [0.1, 0.15) is 0 Å². The van der Waals surface area contributed by atoms with Crippen molar-refractivity contribution in [3.63, 3.8) is 0 Å². The van der Waals surface area contributed by atoms with Crippen LogP contribution in [0.3, 0.4) is 0 Å². The highest BCUT2D eigenvalue weighted by Crippen LogP contribution is 2.25. The van der Waals surface area contributed by atoms with Gasteiger partial charge in [0.15, 0.2) is 5.65 Å². The fourth-order valence-corrected chi connectivity index (χ4v) is 2.26. The Bertz CT molecular complexity index is 358. The largest absolute Gasteiger partial charge is 0.266 e. The zero-order valence-corrected chi connectivity index (χ0v) is 8.63. The molecule has 11 heavy (non-hydrogen) atoms. The second kappa shape index (κ2) is 2.60. The van der Waals surface area contributed by atoms with Crippen LogP contribution in [-0.4, -0.2) is 8.58 Å². The highest BCUT2D eigenvalue weighted by atomic mass is 79.9. The van der Waals surface area contributed by atoms with Crippen LogP contribution < -0.4 is 0 Å². The Labute approximate surface area is 80.7 Å². The summed E-state index contributed by atoms with van der Waals surface area (Å²) in [5.74, 6) is 0. The van der Waals surface area contributed by atoms with Gasteiger partial charge in [0.05, 0.1) is 16.1 Å². The summed E-state index contributed by atoms with van der Waals surface area (Å²) in [6.07, 6.45) is 3.70. The Balaban J connectivity index is 2.95. The second-order valence-corrected chi connectivity index (χ2v) is 3.78. The molecule has 0 unspecified atom stereocenters. The summed E-state index contributed by atoms with van der Waals surface area (Å²) in [6, 6.07) is 3.93. The van der Waals surface area contributed by atoms with E-state index in [4.69, 9.17) is 0 Å². The van der Waals surface area contributed by atoms with Crippen molar-refractivity contribution in [3.05, 3.63) is 29.0 Å². The van der Waals surface area contributed by atoms with Crippen LogP contribution in [0.15, 0.2) is 29.0 Å². The van der Waals surface area contributed by atoms with Crippen molar-refractivity contribution >= 4 is 43.1 Å². The maximum absolute atomic E-state index is 4.19. The normalized spacial score (nSPS) is 10.7. The fraction of sp³-hybridized carbons (Fsp3) is 0. The van der Waals surface area contributed by atoms with Crippen LogP contribution in [0.2, 0.25) is 0 Å². The van der Waals surface area contributed by atoms with Crippen molar-refractivity contribution in [1.82, 2.24) is 8.58 Å². The number of halogens is 2. The van der Waals surface area contributed by atoms with Gasteiger partial charge in [-0.15, -0.1) is 0 Å². The van der Waals surface area contributed by atoms with Gasteiger partial charge in [-0.05, 0) is 28.1 Å². The van der Waals surface area contributed by atoms with Gasteiger partial charge in [-0.3, -0.25) is 3.59 Å². The zero-order chi connectivity index (χ0) is 7.84. The summed E-state index contributed by atoms with van der Waals surface area (Å²) in [6.45, 7) is 0. The molecule has 2 aromatic rings. The molecule has 0 N–H and O–H groups in total. The van der Waals surface area contributed by atoms with E-state index in [1.807, 2.05) is 21.9 Å². The molecule has 0 amide bonds. The van der Waals surface area contributed by atoms with E-state index in [1.54, 1.807) is 6.20 Å². The molecule has 0 saturated carbocycles. The number of hydrogen-bond donors (Lipinski definition) is 0. The standard InChI is InChI=1S/C7H4Br2N2/c8-6-4-11(9)7-5(6)2-1-3-10-7/h1-4H. The SMILES string of the molecule is Brc1cn(Br)c2ncccc12. The lowest BCUT2D eigenvalue weighted by Gasteiger charge is -1.89. The number of aromatic nitrogens is 2. The Morgan fingerprint density at radius 1 is 1.45 bits per heavy atom. The van der Waals surface area contributed by atoms with E-state index in [9.17, 15) is 0 Å². The van der Waals surface area contributed by atoms with Gasteiger partial charge < -0.3 is 0 Å². The first-order valence-corrected chi connectivity index (χ1v) is 4.57. The molecule has 2 rings (SSSR count). The highest BCUT2D eigenvalue weighted by Gasteiger charge is 2.03. The van der Waals surface area contributed by atoms with E-state index in [0.29, 0.717) is 0 Å². The molecule has 0 aliphatic heterocycles. The van der Waals surface area contributed by atoms with Gasteiger partial charge in [0.2, 0.25) is 0 Å². The second-order valence-electron chi connectivity index (χ2n) is 2.16. The zero-order valence-electron chi connectivity index (χ0n) is 5.46. The van der Waals surface area contributed by atoms with Crippen molar-refractivity contribution < 1.29 is 0 Å². The van der Waals surface area contributed by atoms with Gasteiger partial charge in [-0.25, -0.2) is 4.98 Å². The third kappa shape index (κ3) is 1.10. The molecular weight excluding hydrogens is 272 g/mol. The van der Waals surface area contributed by atoms with Crippen molar-refractivity contribution in [2.24, 2.45) is 0 Å². The van der Waals surface area contributed by atoms with Crippen LogP contribution in [-0.2, 0) is 0 Å². The minimum absolute atomic E-state index is 0.930. The summed E-state index contributed by atoms with van der Waals surface area (Å²) >= 11 is 6.77. The molecule has 2 nitrogen and oxygen atoms in total. The summed E-state index contributed by atoms with van der Waals surface area (Å²) in [5.41, 5.74) is 0.930. The van der Waals surface area contributed by atoms with Crippen LogP contribution >= 0.6 is 32.1 Å². The molecule has 0 aliphatic rings. The molecule has 2 aromatic heterocycles. The first-order chi connectivity index (χ1) is 5.29. The highest BCUT2D eigenvalue weighted by molar-refractivity contribution is 9.10. The summed E-state index contributed by atoms with van der Waals surface area (Å²) < 4.78 is 2.87. The number of rotatable bonds is 0. The van der Waals surface area contributed by atoms with E-state index < -0.39 is 0 Å². The number of nitrogens with zero attached hydrogens (tertiary/aromatic N) is 2. The lowest BCUT2D eigenvalue weighted by molar-refractivity contribution is 1.28. The Morgan fingerprint density at radius 3 is 3.00 bits per heavy atom. The van der Waals surface area contributed by atoms with Crippen LogP contribution in [0.5, 0.6) is 0 Å². The maximum Gasteiger partial charge on any atom is 0.151 e. The van der Waals surface area contributed by atoms with Crippen molar-refractivity contribution in [1.29, 1.82) is 0 Å². The Morgan fingerprint density at radius 2 is 2.27 bits per heavy atom. The van der Waals surface area contributed by atoms with Gasteiger partial charge in [0.25, 0.3) is 0 Å². The van der Waals surface area contributed by atoms with E-state index in [1.165, 1.54) is 0 Å². The van der Waals surface area contributed by atoms with Crippen molar-refractivity contribution in [2.75, 3.05) is 0 Å². The quantitative estimate of drug-likeness (QED) is 0.723. The topological polar surface area (TPSA) is 17.8 Å². The molecule has 4 heteroatoms. The minimum Gasteiger partial charge on any atom is -0.266 e. The molecule has 0 aromatic carbocycles. The minimum atomic E-state index is 0.930. The molecule has 0 aliphatic carbocycles. The van der Waals surface area contributed by atoms with E-state index >= 15 is 0 Å². The van der Waals surface area contributed by atoms with Gasteiger partial charge in [0, 0.05) is 22.3 Å². The van der Waals surface area contributed by atoms with Gasteiger partial charge in [-0.2, -0.15) is 0 Å². The lowest BCUT2D eigenvalue weighted by atomic mass is 10.3. The van der Waals surface area contributed by atoms with E-state index in [-0.39, 0.29) is 0 Å². The molecule has 56 valence electrons. The molecule has 0 atom stereocenters. The van der Waals surface area contributed by atoms with Gasteiger partial charge in [0.1, 0.15) is 0 Å². The van der Waals surface area contributed by atoms with E-state index in [2.05, 4.69) is 37.1 Å². The lowest BCUT2D eigenvalue weighted by Crippen LogP contribution is -1.78. The van der Waals surface area contributed by atoms with Crippen LogP contribution in [0.4, 0.5) is 0 Å². The molecule has 2 heterocycles. The van der Waals surface area contributed by atoms with Crippen LogP contribution in [0.25, 0.3) is 11.0 Å².